The molecule has 19 heavy (non-hydrogen) atoms. The highest BCUT2D eigenvalue weighted by molar-refractivity contribution is 6.33. The van der Waals surface area contributed by atoms with Crippen LogP contribution in [-0.2, 0) is 4.79 Å². The van der Waals surface area contributed by atoms with Crippen LogP contribution in [0.25, 0.3) is 0 Å². The average molecular weight is 279 g/mol. The molecule has 1 aromatic rings. The molecule has 2 N–H and O–H groups in total. The van der Waals surface area contributed by atoms with E-state index in [1.54, 1.807) is 0 Å². The van der Waals surface area contributed by atoms with Crippen LogP contribution in [0.4, 0.5) is 5.69 Å². The van der Waals surface area contributed by atoms with Gasteiger partial charge in [-0.2, -0.15) is 0 Å². The van der Waals surface area contributed by atoms with Gasteiger partial charge in [0.05, 0.1) is 10.7 Å². The van der Waals surface area contributed by atoms with Gasteiger partial charge in [0.2, 0.25) is 5.91 Å². The first-order chi connectivity index (χ1) is 9.11. The van der Waals surface area contributed by atoms with Gasteiger partial charge >= 0.3 is 0 Å². The number of carbonyl (C=O) groups is 1. The Morgan fingerprint density at radius 1 is 1.42 bits per heavy atom. The smallest absolute Gasteiger partial charge is 0.228 e. The Labute approximate surface area is 118 Å². The lowest BCUT2D eigenvalue weighted by atomic mass is 9.92. The molecule has 1 saturated heterocycles. The summed E-state index contributed by atoms with van der Waals surface area (Å²) in [6.45, 7) is 4.06. The van der Waals surface area contributed by atoms with Gasteiger partial charge in [-0.1, -0.05) is 17.7 Å². The van der Waals surface area contributed by atoms with E-state index in [9.17, 15) is 4.79 Å². The Morgan fingerprint density at radius 3 is 2.84 bits per heavy atom. The van der Waals surface area contributed by atoms with Crippen molar-refractivity contribution in [1.82, 2.24) is 5.32 Å². The van der Waals surface area contributed by atoms with E-state index in [1.807, 2.05) is 25.1 Å². The molecule has 1 amide bonds. The van der Waals surface area contributed by atoms with Crippen LogP contribution in [0.2, 0.25) is 5.02 Å². The molecule has 1 heterocycles. The van der Waals surface area contributed by atoms with Gasteiger partial charge in [-0.05, 0) is 62.4 Å². The quantitative estimate of drug-likeness (QED) is 0.873. The van der Waals surface area contributed by atoms with Crippen LogP contribution in [0, 0.1) is 18.3 Å². The standard InChI is InChI=1S/C15H19ClN2O/c1-10-2-3-13(12(16)8-10)18-14(19)11-9-15(11)4-6-17-7-5-15/h2-3,8,11,17H,4-7,9H2,1H3,(H,18,19). The zero-order valence-electron chi connectivity index (χ0n) is 11.1. The fourth-order valence-corrected chi connectivity index (χ4v) is 3.42. The monoisotopic (exact) mass is 278 g/mol. The van der Waals surface area contributed by atoms with Gasteiger partial charge in [-0.3, -0.25) is 4.79 Å². The summed E-state index contributed by atoms with van der Waals surface area (Å²) in [5, 5.41) is 6.95. The summed E-state index contributed by atoms with van der Waals surface area (Å²) in [6.07, 6.45) is 3.27. The molecule has 102 valence electrons. The van der Waals surface area contributed by atoms with Gasteiger partial charge in [0, 0.05) is 5.92 Å². The van der Waals surface area contributed by atoms with E-state index in [4.69, 9.17) is 11.6 Å². The minimum atomic E-state index is 0.132. The lowest BCUT2D eigenvalue weighted by molar-refractivity contribution is -0.118. The average Bonchev–Trinajstić information content (AvgIpc) is 3.07. The molecule has 1 saturated carbocycles. The predicted molar refractivity (Wildman–Crippen MR) is 77.5 cm³/mol. The van der Waals surface area contributed by atoms with Gasteiger partial charge in [0.15, 0.2) is 0 Å². The van der Waals surface area contributed by atoms with Crippen molar-refractivity contribution in [3.63, 3.8) is 0 Å². The van der Waals surface area contributed by atoms with E-state index >= 15 is 0 Å². The summed E-state index contributed by atoms with van der Waals surface area (Å²) in [4.78, 5) is 12.3. The molecule has 1 aliphatic heterocycles. The molecule has 0 bridgehead atoms. The molecule has 2 aliphatic rings. The number of halogens is 1. The maximum Gasteiger partial charge on any atom is 0.228 e. The zero-order valence-corrected chi connectivity index (χ0v) is 11.9. The van der Waals surface area contributed by atoms with Crippen LogP contribution in [0.5, 0.6) is 0 Å². The highest BCUT2D eigenvalue weighted by atomic mass is 35.5. The predicted octanol–water partition coefficient (Wildman–Crippen LogP) is 2.98. The Bertz CT molecular complexity index is 509. The second-order valence-electron chi connectivity index (χ2n) is 5.84. The van der Waals surface area contributed by atoms with Crippen molar-refractivity contribution in [2.75, 3.05) is 18.4 Å². The third-order valence-corrected chi connectivity index (χ3v) is 4.80. The lowest BCUT2D eigenvalue weighted by Crippen LogP contribution is -2.31. The second kappa shape index (κ2) is 4.80. The van der Waals surface area contributed by atoms with Crippen LogP contribution >= 0.6 is 11.6 Å². The topological polar surface area (TPSA) is 41.1 Å². The second-order valence-corrected chi connectivity index (χ2v) is 6.25. The molecule has 1 spiro atoms. The van der Waals surface area contributed by atoms with E-state index in [2.05, 4.69) is 10.6 Å². The van der Waals surface area contributed by atoms with Crippen LogP contribution in [0.3, 0.4) is 0 Å². The number of aryl methyl sites for hydroxylation is 1. The van der Waals surface area contributed by atoms with Gasteiger partial charge < -0.3 is 10.6 Å². The Morgan fingerprint density at radius 2 is 2.16 bits per heavy atom. The van der Waals surface area contributed by atoms with Gasteiger partial charge in [0.1, 0.15) is 0 Å². The molecule has 3 rings (SSSR count). The fraction of sp³-hybridized carbons (Fsp3) is 0.533. The van der Waals surface area contributed by atoms with Crippen molar-refractivity contribution in [3.05, 3.63) is 28.8 Å². The fourth-order valence-electron chi connectivity index (χ4n) is 3.14. The van der Waals surface area contributed by atoms with E-state index in [-0.39, 0.29) is 17.2 Å². The van der Waals surface area contributed by atoms with Crippen LogP contribution in [-0.4, -0.2) is 19.0 Å². The summed E-state index contributed by atoms with van der Waals surface area (Å²) in [7, 11) is 0. The van der Waals surface area contributed by atoms with Crippen molar-refractivity contribution in [2.24, 2.45) is 11.3 Å². The number of carbonyl (C=O) groups excluding carboxylic acids is 1. The first kappa shape index (κ1) is 12.9. The molecule has 4 heteroatoms. The first-order valence-electron chi connectivity index (χ1n) is 6.88. The molecule has 1 atom stereocenters. The molecule has 0 aromatic heterocycles. The van der Waals surface area contributed by atoms with E-state index in [0.717, 1.165) is 43.6 Å². The molecule has 1 unspecified atom stereocenters. The van der Waals surface area contributed by atoms with Gasteiger partial charge in [0.25, 0.3) is 0 Å². The molecular formula is C15H19ClN2O. The van der Waals surface area contributed by atoms with Crippen LogP contribution in [0.1, 0.15) is 24.8 Å². The first-order valence-corrected chi connectivity index (χ1v) is 7.26. The number of anilines is 1. The summed E-state index contributed by atoms with van der Waals surface area (Å²) >= 11 is 6.15. The van der Waals surface area contributed by atoms with Crippen molar-refractivity contribution in [3.8, 4) is 0 Å². The highest BCUT2D eigenvalue weighted by Crippen LogP contribution is 2.58. The van der Waals surface area contributed by atoms with E-state index < -0.39 is 0 Å². The largest absolute Gasteiger partial charge is 0.325 e. The Balaban J connectivity index is 1.66. The number of benzene rings is 1. The number of nitrogens with one attached hydrogen (secondary N) is 2. The molecule has 2 fully saturated rings. The summed E-state index contributed by atoms with van der Waals surface area (Å²) in [6, 6.07) is 5.73. The highest BCUT2D eigenvalue weighted by Gasteiger charge is 2.57. The molecule has 0 radical (unpaired) electrons. The van der Waals surface area contributed by atoms with Crippen molar-refractivity contribution < 1.29 is 4.79 Å². The maximum absolute atomic E-state index is 12.3. The lowest BCUT2D eigenvalue weighted by Gasteiger charge is -2.23. The van der Waals surface area contributed by atoms with Gasteiger partial charge in [-0.15, -0.1) is 0 Å². The number of piperidine rings is 1. The zero-order chi connectivity index (χ0) is 13.5. The Kier molecular flexibility index (Phi) is 3.27. The number of amides is 1. The SMILES string of the molecule is Cc1ccc(NC(=O)C2CC23CCNCC3)c(Cl)c1. The maximum atomic E-state index is 12.3. The van der Waals surface area contributed by atoms with Crippen LogP contribution in [0.15, 0.2) is 18.2 Å². The van der Waals surface area contributed by atoms with Crippen molar-refractivity contribution in [2.45, 2.75) is 26.2 Å². The number of hydrogen-bond acceptors (Lipinski definition) is 2. The van der Waals surface area contributed by atoms with Crippen molar-refractivity contribution in [1.29, 1.82) is 0 Å². The Hall–Kier alpha value is -1.06. The summed E-state index contributed by atoms with van der Waals surface area (Å²) in [5.41, 5.74) is 2.10. The minimum absolute atomic E-state index is 0.132. The number of hydrogen-bond donors (Lipinski definition) is 2. The molecule has 3 nitrogen and oxygen atoms in total. The van der Waals surface area contributed by atoms with E-state index in [0.29, 0.717) is 5.02 Å². The third-order valence-electron chi connectivity index (χ3n) is 4.49. The molecular weight excluding hydrogens is 260 g/mol. The third kappa shape index (κ3) is 2.49. The summed E-state index contributed by atoms with van der Waals surface area (Å²) < 4.78 is 0. The number of rotatable bonds is 2. The minimum Gasteiger partial charge on any atom is -0.325 e. The molecule has 1 aliphatic carbocycles. The normalized spacial score (nSPS) is 24.2. The van der Waals surface area contributed by atoms with Gasteiger partial charge in [-0.25, -0.2) is 0 Å². The van der Waals surface area contributed by atoms with E-state index in [1.165, 1.54) is 0 Å². The van der Waals surface area contributed by atoms with Crippen LogP contribution < -0.4 is 10.6 Å². The summed E-state index contributed by atoms with van der Waals surface area (Å²) in [5.74, 6) is 0.305. The molecule has 1 aromatic carbocycles. The van der Waals surface area contributed by atoms with Crippen molar-refractivity contribution >= 4 is 23.2 Å².